The van der Waals surface area contributed by atoms with Crippen molar-refractivity contribution < 1.29 is 19.6 Å². The first-order valence-electron chi connectivity index (χ1n) is 5.08. The van der Waals surface area contributed by atoms with Crippen LogP contribution < -0.4 is 0 Å². The van der Waals surface area contributed by atoms with Gasteiger partial charge in [-0.1, -0.05) is 33.1 Å². The molecule has 0 atom stereocenters. The van der Waals surface area contributed by atoms with Gasteiger partial charge in [-0.25, -0.2) is 4.79 Å². The number of hydrogen-bond donors (Lipinski definition) is 2. The first-order valence-corrected chi connectivity index (χ1v) is 5.08. The van der Waals surface area contributed by atoms with Crippen LogP contribution in [0.1, 0.15) is 20.8 Å². The minimum absolute atomic E-state index is 0.0791. The van der Waals surface area contributed by atoms with Gasteiger partial charge in [-0.05, 0) is 18.5 Å². The fourth-order valence-corrected chi connectivity index (χ4v) is 0.586. The topological polar surface area (TPSA) is 66.8 Å². The molecule has 0 spiro atoms. The molecular formula is C11H19BO4. The molecule has 0 fully saturated rings. The quantitative estimate of drug-likeness (QED) is 0.320. The second-order valence-corrected chi connectivity index (χ2v) is 2.53. The van der Waals surface area contributed by atoms with E-state index in [0.717, 1.165) is 0 Å². The Balaban J connectivity index is 0. The van der Waals surface area contributed by atoms with E-state index in [4.69, 9.17) is 10.0 Å². The average molecular weight is 226 g/mol. The normalized spacial score (nSPS) is 9.06. The Morgan fingerprint density at radius 2 is 1.81 bits per heavy atom. The zero-order valence-corrected chi connectivity index (χ0v) is 10.1. The van der Waals surface area contributed by atoms with Gasteiger partial charge in [0.25, 0.3) is 0 Å². The van der Waals surface area contributed by atoms with Crippen molar-refractivity contribution in [3.63, 3.8) is 0 Å². The maximum Gasteiger partial charge on any atom is 0.487 e. The Bertz CT molecular complexity index is 269. The minimum atomic E-state index is -1.62. The molecule has 0 aliphatic carbocycles. The van der Waals surface area contributed by atoms with Gasteiger partial charge in [-0.2, -0.15) is 0 Å². The van der Waals surface area contributed by atoms with Gasteiger partial charge in [-0.15, -0.1) is 0 Å². The van der Waals surface area contributed by atoms with E-state index in [1.165, 1.54) is 12.2 Å². The highest BCUT2D eigenvalue weighted by molar-refractivity contribution is 6.51. The van der Waals surface area contributed by atoms with Crippen LogP contribution in [0, 0.1) is 0 Å². The lowest BCUT2D eigenvalue weighted by molar-refractivity contribution is -0.138. The van der Waals surface area contributed by atoms with Gasteiger partial charge < -0.3 is 14.8 Å². The summed E-state index contributed by atoms with van der Waals surface area (Å²) in [5.41, 5.74) is 0.212. The number of carbonyl (C=O) groups is 1. The number of allylic oxidation sites excluding steroid dienone is 2. The van der Waals surface area contributed by atoms with Crippen molar-refractivity contribution in [1.29, 1.82) is 0 Å². The number of esters is 1. The van der Waals surface area contributed by atoms with Gasteiger partial charge in [0.1, 0.15) is 0 Å². The standard InChI is InChI=1S/C9H13BO4.C2H6/c1-4-14-9(11)7(2)5-6-8(3)10(12)13;1-2/h5-6,12-13H,2-4H2,1H3;1-2H3/b6-5-;. The first kappa shape index (κ1) is 17.1. The number of carbonyl (C=O) groups excluding carboxylic acids is 1. The second-order valence-electron chi connectivity index (χ2n) is 2.53. The number of rotatable bonds is 5. The molecule has 0 radical (unpaired) electrons. The molecule has 0 aliphatic rings. The highest BCUT2D eigenvalue weighted by Crippen LogP contribution is 2.01. The fourth-order valence-electron chi connectivity index (χ4n) is 0.586. The van der Waals surface area contributed by atoms with Crippen LogP contribution in [0.2, 0.25) is 0 Å². The highest BCUT2D eigenvalue weighted by atomic mass is 16.5. The molecule has 5 heteroatoms. The van der Waals surface area contributed by atoms with E-state index in [2.05, 4.69) is 17.9 Å². The summed E-state index contributed by atoms with van der Waals surface area (Å²) in [6.45, 7) is 12.7. The zero-order valence-electron chi connectivity index (χ0n) is 10.1. The molecule has 90 valence electrons. The minimum Gasteiger partial charge on any atom is -0.462 e. The van der Waals surface area contributed by atoms with Crippen molar-refractivity contribution in [3.05, 3.63) is 36.4 Å². The molecule has 0 saturated heterocycles. The molecule has 0 aromatic rings. The molecule has 0 saturated carbocycles. The summed E-state index contributed by atoms with van der Waals surface area (Å²) < 4.78 is 4.65. The molecule has 0 heterocycles. The molecule has 0 rings (SSSR count). The van der Waals surface area contributed by atoms with E-state index in [9.17, 15) is 4.79 Å². The van der Waals surface area contributed by atoms with Crippen LogP contribution in [0.4, 0.5) is 0 Å². The van der Waals surface area contributed by atoms with Crippen molar-refractivity contribution >= 4 is 13.1 Å². The van der Waals surface area contributed by atoms with Crippen LogP contribution >= 0.6 is 0 Å². The van der Waals surface area contributed by atoms with Crippen LogP contribution in [0.25, 0.3) is 0 Å². The first-order chi connectivity index (χ1) is 7.49. The van der Waals surface area contributed by atoms with E-state index in [0.29, 0.717) is 0 Å². The number of ether oxygens (including phenoxy) is 1. The van der Waals surface area contributed by atoms with Gasteiger partial charge in [0, 0.05) is 0 Å². The number of hydrogen-bond acceptors (Lipinski definition) is 4. The van der Waals surface area contributed by atoms with Gasteiger partial charge in [0.15, 0.2) is 0 Å². The molecule has 0 aliphatic heterocycles. The third-order valence-electron chi connectivity index (χ3n) is 1.37. The van der Waals surface area contributed by atoms with Gasteiger partial charge >= 0.3 is 13.1 Å². The SMILES string of the molecule is C=C(/C=C\C(=C)C(=O)OCC)B(O)O.CC. The van der Waals surface area contributed by atoms with Crippen molar-refractivity contribution in [3.8, 4) is 0 Å². The van der Waals surface area contributed by atoms with Crippen LogP contribution in [-0.4, -0.2) is 29.7 Å². The molecular weight excluding hydrogens is 207 g/mol. The molecule has 16 heavy (non-hydrogen) atoms. The molecule has 0 amide bonds. The fraction of sp³-hybridized carbons (Fsp3) is 0.364. The summed E-state index contributed by atoms with van der Waals surface area (Å²) in [6.07, 6.45) is 2.61. The Hall–Kier alpha value is -1.33. The third kappa shape index (κ3) is 8.02. The largest absolute Gasteiger partial charge is 0.487 e. The zero-order chi connectivity index (χ0) is 13.1. The van der Waals surface area contributed by atoms with E-state index < -0.39 is 13.1 Å². The molecule has 0 aromatic carbocycles. The summed E-state index contributed by atoms with van der Waals surface area (Å²) in [5, 5.41) is 17.3. The molecule has 4 nitrogen and oxygen atoms in total. The summed E-state index contributed by atoms with van der Waals surface area (Å²) >= 11 is 0. The second kappa shape index (κ2) is 10.2. The van der Waals surface area contributed by atoms with Crippen LogP contribution in [0.15, 0.2) is 36.4 Å². The molecule has 0 aromatic heterocycles. The lowest BCUT2D eigenvalue weighted by Gasteiger charge is -2.00. The Morgan fingerprint density at radius 1 is 1.31 bits per heavy atom. The van der Waals surface area contributed by atoms with Gasteiger partial charge in [0.05, 0.1) is 12.2 Å². The third-order valence-corrected chi connectivity index (χ3v) is 1.37. The maximum atomic E-state index is 11.0. The Kier molecular flexibility index (Phi) is 10.9. The predicted octanol–water partition coefficient (Wildman–Crippen LogP) is 1.26. The molecule has 0 bridgehead atoms. The predicted molar refractivity (Wildman–Crippen MR) is 65.6 cm³/mol. The lowest BCUT2D eigenvalue weighted by Crippen LogP contribution is -2.12. The van der Waals surface area contributed by atoms with E-state index in [1.807, 2.05) is 13.8 Å². The van der Waals surface area contributed by atoms with E-state index in [1.54, 1.807) is 6.92 Å². The monoisotopic (exact) mass is 226 g/mol. The van der Waals surface area contributed by atoms with E-state index >= 15 is 0 Å². The Morgan fingerprint density at radius 3 is 2.19 bits per heavy atom. The van der Waals surface area contributed by atoms with Crippen LogP contribution in [0.3, 0.4) is 0 Å². The van der Waals surface area contributed by atoms with Crippen molar-refractivity contribution in [2.24, 2.45) is 0 Å². The summed E-state index contributed by atoms with van der Waals surface area (Å²) in [6, 6.07) is 0. The molecule has 0 unspecified atom stereocenters. The summed E-state index contributed by atoms with van der Waals surface area (Å²) in [7, 11) is -1.62. The average Bonchev–Trinajstić information content (AvgIpc) is 2.28. The van der Waals surface area contributed by atoms with Crippen LogP contribution in [0.5, 0.6) is 0 Å². The van der Waals surface area contributed by atoms with Crippen molar-refractivity contribution in [1.82, 2.24) is 0 Å². The summed E-state index contributed by atoms with van der Waals surface area (Å²) in [4.78, 5) is 11.0. The van der Waals surface area contributed by atoms with Gasteiger partial charge in [0.2, 0.25) is 0 Å². The molecule has 2 N–H and O–H groups in total. The smallest absolute Gasteiger partial charge is 0.462 e. The maximum absolute atomic E-state index is 11.0. The summed E-state index contributed by atoms with van der Waals surface area (Å²) in [5.74, 6) is -0.538. The lowest BCUT2D eigenvalue weighted by atomic mass is 9.80. The van der Waals surface area contributed by atoms with Crippen LogP contribution in [-0.2, 0) is 9.53 Å². The van der Waals surface area contributed by atoms with Crippen molar-refractivity contribution in [2.45, 2.75) is 20.8 Å². The van der Waals surface area contributed by atoms with Gasteiger partial charge in [-0.3, -0.25) is 0 Å². The Labute approximate surface area is 97.1 Å². The highest BCUT2D eigenvalue weighted by Gasteiger charge is 2.09. The van der Waals surface area contributed by atoms with E-state index in [-0.39, 0.29) is 17.7 Å². The van der Waals surface area contributed by atoms with Crippen molar-refractivity contribution in [2.75, 3.05) is 6.61 Å².